The molecule has 2 aromatic rings. The van der Waals surface area contributed by atoms with E-state index in [2.05, 4.69) is 41.4 Å². The number of hydrogen-bond donors (Lipinski definition) is 2. The molecule has 1 heterocycles. The highest BCUT2D eigenvalue weighted by Crippen LogP contribution is 2.31. The molecule has 1 unspecified atom stereocenters. The van der Waals surface area contributed by atoms with Crippen LogP contribution in [0.5, 0.6) is 0 Å². The second kappa shape index (κ2) is 8.44. The Bertz CT molecular complexity index is 846. The van der Waals surface area contributed by atoms with E-state index in [0.717, 1.165) is 0 Å². The summed E-state index contributed by atoms with van der Waals surface area (Å²) in [6, 6.07) is 14.6. The Morgan fingerprint density at radius 3 is 2.39 bits per heavy atom. The van der Waals surface area contributed by atoms with Crippen molar-refractivity contribution in [2.24, 2.45) is 5.73 Å². The third-order valence-electron chi connectivity index (χ3n) is 5.23. The average molecular weight is 382 g/mol. The number of carbonyl (C=O) groups is 1. The summed E-state index contributed by atoms with van der Waals surface area (Å²) in [7, 11) is 4.07. The molecule has 28 heavy (non-hydrogen) atoms. The third kappa shape index (κ3) is 4.51. The predicted octanol–water partition coefficient (Wildman–Crippen LogP) is 2.90. The van der Waals surface area contributed by atoms with Crippen LogP contribution in [0.2, 0.25) is 0 Å². The van der Waals surface area contributed by atoms with Gasteiger partial charge < -0.3 is 20.9 Å². The summed E-state index contributed by atoms with van der Waals surface area (Å²) in [5.41, 5.74) is 9.27. The van der Waals surface area contributed by atoms with Crippen molar-refractivity contribution in [2.45, 2.75) is 18.9 Å². The Kier molecular flexibility index (Phi) is 5.99. The Morgan fingerprint density at radius 2 is 1.79 bits per heavy atom. The van der Waals surface area contributed by atoms with Gasteiger partial charge in [-0.2, -0.15) is 0 Å². The summed E-state index contributed by atoms with van der Waals surface area (Å²) >= 11 is 0. The number of rotatable bonds is 5. The van der Waals surface area contributed by atoms with Crippen molar-refractivity contribution in [3.63, 3.8) is 0 Å². The van der Waals surface area contributed by atoms with Crippen LogP contribution in [0, 0.1) is 12.7 Å². The Hall–Kier alpha value is -2.86. The van der Waals surface area contributed by atoms with E-state index in [1.165, 1.54) is 29.5 Å². The van der Waals surface area contributed by atoms with Crippen LogP contribution in [-0.2, 0) is 4.79 Å². The van der Waals surface area contributed by atoms with Crippen LogP contribution in [0.25, 0.3) is 0 Å². The van der Waals surface area contributed by atoms with Crippen LogP contribution in [-0.4, -0.2) is 48.9 Å². The molecule has 0 spiro atoms. The molecule has 1 aliphatic heterocycles. The zero-order valence-electron chi connectivity index (χ0n) is 16.5. The van der Waals surface area contributed by atoms with Gasteiger partial charge in [-0.25, -0.2) is 4.39 Å². The number of nitrogens with zero attached hydrogens (tertiary/aromatic N) is 2. The van der Waals surface area contributed by atoms with E-state index in [4.69, 9.17) is 5.73 Å². The monoisotopic (exact) mass is 382 g/mol. The first-order valence-electron chi connectivity index (χ1n) is 9.35. The molecule has 3 rings (SSSR count). The summed E-state index contributed by atoms with van der Waals surface area (Å²) in [5, 5.41) is 2.95. The lowest BCUT2D eigenvalue weighted by Gasteiger charge is -2.25. The number of likely N-dealkylation sites (tertiary alicyclic amines) is 1. The van der Waals surface area contributed by atoms with Gasteiger partial charge in [0, 0.05) is 36.9 Å². The van der Waals surface area contributed by atoms with Gasteiger partial charge >= 0.3 is 0 Å². The van der Waals surface area contributed by atoms with E-state index in [1.807, 2.05) is 14.1 Å². The number of halogens is 1. The molecule has 0 aromatic heterocycles. The Labute approximate surface area is 165 Å². The number of aryl methyl sites for hydroxylation is 1. The fraction of sp³-hybridized carbons (Fsp3) is 0.318. The molecule has 6 heteroatoms. The Morgan fingerprint density at radius 1 is 1.14 bits per heavy atom. The molecule has 1 aliphatic rings. The molecule has 2 atom stereocenters. The van der Waals surface area contributed by atoms with Gasteiger partial charge in [0.15, 0.2) is 0 Å². The van der Waals surface area contributed by atoms with Crippen molar-refractivity contribution >= 4 is 11.6 Å². The molecule has 3 N–H and O–H groups in total. The second-order valence-corrected chi connectivity index (χ2v) is 7.51. The first-order chi connectivity index (χ1) is 13.3. The fourth-order valence-corrected chi connectivity index (χ4v) is 3.57. The van der Waals surface area contributed by atoms with Crippen molar-refractivity contribution in [1.82, 2.24) is 9.80 Å². The number of likely N-dealkylation sites (N-methyl/N-ethyl adjacent to an activating group) is 1. The molecule has 1 fully saturated rings. The molecular formula is C22H27FN4O. The number of benzene rings is 2. The smallest absolute Gasteiger partial charge is 0.271 e. The molecule has 5 nitrogen and oxygen atoms in total. The van der Waals surface area contributed by atoms with Crippen molar-refractivity contribution in [3.05, 3.63) is 77.4 Å². The summed E-state index contributed by atoms with van der Waals surface area (Å²) in [5.74, 6) is -0.277. The summed E-state index contributed by atoms with van der Waals surface area (Å²) in [6.07, 6.45) is 1.47. The lowest BCUT2D eigenvalue weighted by Crippen LogP contribution is -2.37. The minimum atomic E-state index is -0.312. The van der Waals surface area contributed by atoms with Crippen LogP contribution in [0.3, 0.4) is 0 Å². The average Bonchev–Trinajstić information content (AvgIpc) is 3.13. The Balaban J connectivity index is 1.71. The van der Waals surface area contributed by atoms with Crippen LogP contribution in [0.15, 0.2) is 60.4 Å². The zero-order chi connectivity index (χ0) is 20.3. The highest BCUT2D eigenvalue weighted by Gasteiger charge is 2.37. The molecule has 1 saturated heterocycles. The summed E-state index contributed by atoms with van der Waals surface area (Å²) in [6.45, 7) is 3.31. The normalized spacial score (nSPS) is 19.9. The lowest BCUT2D eigenvalue weighted by molar-refractivity contribution is -0.126. The number of nitrogens with one attached hydrogen (secondary N) is 1. The standard InChI is InChI=1S/C22H27FN4O/c1-15-4-6-16(7-5-15)19-13-27(14-21(19)26(2)3)22(28)20(24)12-25-18-10-8-17(23)9-11-18/h4-12,19,21,25H,13-14,24H2,1-3H3/b20-12-/t19-,21?/m1/s1. The van der Waals surface area contributed by atoms with Gasteiger partial charge in [0.25, 0.3) is 5.91 Å². The van der Waals surface area contributed by atoms with E-state index in [0.29, 0.717) is 18.8 Å². The van der Waals surface area contributed by atoms with Crippen molar-refractivity contribution in [1.29, 1.82) is 0 Å². The zero-order valence-corrected chi connectivity index (χ0v) is 16.5. The molecule has 0 radical (unpaired) electrons. The lowest BCUT2D eigenvalue weighted by atomic mass is 9.93. The molecule has 2 aromatic carbocycles. The second-order valence-electron chi connectivity index (χ2n) is 7.51. The van der Waals surface area contributed by atoms with E-state index in [9.17, 15) is 9.18 Å². The van der Waals surface area contributed by atoms with Gasteiger partial charge in [-0.05, 0) is 50.8 Å². The third-order valence-corrected chi connectivity index (χ3v) is 5.23. The van der Waals surface area contributed by atoms with Gasteiger partial charge in [0.2, 0.25) is 0 Å². The van der Waals surface area contributed by atoms with Crippen LogP contribution < -0.4 is 11.1 Å². The molecule has 0 saturated carbocycles. The van der Waals surface area contributed by atoms with Gasteiger partial charge in [0.05, 0.1) is 0 Å². The maximum atomic E-state index is 13.0. The topological polar surface area (TPSA) is 61.6 Å². The molecule has 0 bridgehead atoms. The summed E-state index contributed by atoms with van der Waals surface area (Å²) < 4.78 is 13.0. The van der Waals surface area contributed by atoms with Crippen molar-refractivity contribution < 1.29 is 9.18 Å². The maximum Gasteiger partial charge on any atom is 0.271 e. The number of hydrogen-bond acceptors (Lipinski definition) is 4. The van der Waals surface area contributed by atoms with Gasteiger partial charge in [-0.3, -0.25) is 4.79 Å². The van der Waals surface area contributed by atoms with E-state index in [-0.39, 0.29) is 29.4 Å². The van der Waals surface area contributed by atoms with Crippen molar-refractivity contribution in [3.8, 4) is 0 Å². The minimum Gasteiger partial charge on any atom is -0.393 e. The van der Waals surface area contributed by atoms with Crippen molar-refractivity contribution in [2.75, 3.05) is 32.5 Å². The number of anilines is 1. The highest BCUT2D eigenvalue weighted by atomic mass is 19.1. The number of carbonyl (C=O) groups excluding carboxylic acids is 1. The van der Waals surface area contributed by atoms with Crippen LogP contribution >= 0.6 is 0 Å². The molecule has 1 amide bonds. The summed E-state index contributed by atoms with van der Waals surface area (Å²) in [4.78, 5) is 16.8. The molecule has 148 valence electrons. The van der Waals surface area contributed by atoms with Crippen LogP contribution in [0.1, 0.15) is 17.0 Å². The maximum absolute atomic E-state index is 13.0. The number of nitrogens with two attached hydrogens (primary N) is 1. The van der Waals surface area contributed by atoms with Gasteiger partial charge in [0.1, 0.15) is 11.5 Å². The van der Waals surface area contributed by atoms with Crippen LogP contribution in [0.4, 0.5) is 10.1 Å². The van der Waals surface area contributed by atoms with E-state index in [1.54, 1.807) is 17.0 Å². The largest absolute Gasteiger partial charge is 0.393 e. The molecular weight excluding hydrogens is 355 g/mol. The predicted molar refractivity (Wildman–Crippen MR) is 110 cm³/mol. The number of amides is 1. The molecule has 0 aliphatic carbocycles. The first kappa shape index (κ1) is 19.9. The van der Waals surface area contributed by atoms with E-state index >= 15 is 0 Å². The van der Waals surface area contributed by atoms with Gasteiger partial charge in [-0.1, -0.05) is 29.8 Å². The first-order valence-corrected chi connectivity index (χ1v) is 9.35. The van der Waals surface area contributed by atoms with E-state index < -0.39 is 0 Å². The fourth-order valence-electron chi connectivity index (χ4n) is 3.57. The highest BCUT2D eigenvalue weighted by molar-refractivity contribution is 5.93. The van der Waals surface area contributed by atoms with Gasteiger partial charge in [-0.15, -0.1) is 0 Å². The quantitative estimate of drug-likeness (QED) is 0.781. The minimum absolute atomic E-state index is 0.131. The SMILES string of the molecule is Cc1ccc([C@H]2CN(C(=O)/C(N)=C/Nc3ccc(F)cc3)CC2N(C)C)cc1.